The minimum absolute atomic E-state index is 0.00393. The molecule has 5 heteroatoms. The number of fused-ring (bicyclic) bond motifs is 1. The number of para-hydroxylation sites is 1. The number of primary amides is 1. The van der Waals surface area contributed by atoms with Crippen molar-refractivity contribution < 1.29 is 14.3 Å². The first-order chi connectivity index (χ1) is 9.08. The molecule has 1 heterocycles. The zero-order valence-electron chi connectivity index (χ0n) is 11.0. The number of benzene rings is 1. The van der Waals surface area contributed by atoms with E-state index in [2.05, 4.69) is 0 Å². The highest BCUT2D eigenvalue weighted by atomic mass is 16.5. The van der Waals surface area contributed by atoms with Crippen molar-refractivity contribution in [1.29, 1.82) is 0 Å². The molecule has 2 N–H and O–H groups in total. The summed E-state index contributed by atoms with van der Waals surface area (Å²) in [5.41, 5.74) is 6.13. The number of carbonyl (C=O) groups is 2. The average molecular weight is 262 g/mol. The van der Waals surface area contributed by atoms with Gasteiger partial charge in [-0.25, -0.2) is 0 Å². The third kappa shape index (κ3) is 3.24. The largest absolute Gasteiger partial charge is 0.492 e. The second-order valence-electron chi connectivity index (χ2n) is 4.80. The molecule has 1 atom stereocenters. The predicted molar refractivity (Wildman–Crippen MR) is 70.6 cm³/mol. The molecule has 1 aliphatic rings. The summed E-state index contributed by atoms with van der Waals surface area (Å²) in [7, 11) is 1.69. The minimum Gasteiger partial charge on any atom is -0.492 e. The van der Waals surface area contributed by atoms with Crippen LogP contribution in [0.5, 0.6) is 5.75 Å². The second kappa shape index (κ2) is 5.73. The standard InChI is InChI=1S/C14H18N2O3/c1-16(7-6-13(15)17)14(18)11-8-10-4-2-3-5-12(10)19-9-11/h2-5,11H,6-9H2,1H3,(H2,15,17). The van der Waals surface area contributed by atoms with Gasteiger partial charge in [-0.2, -0.15) is 0 Å². The number of nitrogens with two attached hydrogens (primary N) is 1. The molecule has 0 spiro atoms. The average Bonchev–Trinajstić information content (AvgIpc) is 2.43. The Hall–Kier alpha value is -2.04. The lowest BCUT2D eigenvalue weighted by atomic mass is 9.95. The Morgan fingerprint density at radius 2 is 2.16 bits per heavy atom. The summed E-state index contributed by atoms with van der Waals surface area (Å²) in [5.74, 6) is 0.264. The van der Waals surface area contributed by atoms with Crippen molar-refractivity contribution in [2.75, 3.05) is 20.2 Å². The number of nitrogens with zero attached hydrogens (tertiary/aromatic N) is 1. The maximum absolute atomic E-state index is 12.2. The highest BCUT2D eigenvalue weighted by Crippen LogP contribution is 2.27. The molecule has 0 aromatic heterocycles. The number of amides is 2. The van der Waals surface area contributed by atoms with Gasteiger partial charge < -0.3 is 15.4 Å². The molecule has 1 aliphatic heterocycles. The van der Waals surface area contributed by atoms with E-state index in [4.69, 9.17) is 10.5 Å². The second-order valence-corrected chi connectivity index (χ2v) is 4.80. The van der Waals surface area contributed by atoms with Crippen LogP contribution in [0.4, 0.5) is 0 Å². The zero-order valence-corrected chi connectivity index (χ0v) is 11.0. The van der Waals surface area contributed by atoms with E-state index >= 15 is 0 Å². The van der Waals surface area contributed by atoms with E-state index in [-0.39, 0.29) is 18.2 Å². The van der Waals surface area contributed by atoms with Crippen LogP contribution in [0.15, 0.2) is 24.3 Å². The molecule has 0 fully saturated rings. The molecule has 2 amide bonds. The summed E-state index contributed by atoms with van der Waals surface area (Å²) in [6, 6.07) is 7.73. The van der Waals surface area contributed by atoms with Crippen LogP contribution in [0.25, 0.3) is 0 Å². The molecule has 0 saturated heterocycles. The van der Waals surface area contributed by atoms with E-state index in [1.165, 1.54) is 0 Å². The summed E-state index contributed by atoms with van der Waals surface area (Å²) in [4.78, 5) is 24.5. The zero-order chi connectivity index (χ0) is 13.8. The Morgan fingerprint density at radius 3 is 2.89 bits per heavy atom. The van der Waals surface area contributed by atoms with Gasteiger partial charge in [0.2, 0.25) is 11.8 Å². The van der Waals surface area contributed by atoms with Crippen molar-refractivity contribution in [2.24, 2.45) is 11.7 Å². The molecule has 1 unspecified atom stereocenters. The number of ether oxygens (including phenoxy) is 1. The van der Waals surface area contributed by atoms with Crippen molar-refractivity contribution in [3.63, 3.8) is 0 Å². The van der Waals surface area contributed by atoms with E-state index in [0.29, 0.717) is 19.6 Å². The summed E-state index contributed by atoms with van der Waals surface area (Å²) in [6.45, 7) is 0.739. The van der Waals surface area contributed by atoms with Gasteiger partial charge in [0.25, 0.3) is 0 Å². The first kappa shape index (κ1) is 13.4. The van der Waals surface area contributed by atoms with Crippen molar-refractivity contribution in [3.8, 4) is 5.75 Å². The fourth-order valence-corrected chi connectivity index (χ4v) is 2.19. The highest BCUT2D eigenvalue weighted by Gasteiger charge is 2.27. The first-order valence-electron chi connectivity index (χ1n) is 6.32. The molecule has 0 radical (unpaired) electrons. The van der Waals surface area contributed by atoms with Crippen LogP contribution >= 0.6 is 0 Å². The quantitative estimate of drug-likeness (QED) is 0.862. The van der Waals surface area contributed by atoms with Crippen LogP contribution in [-0.2, 0) is 16.0 Å². The maximum Gasteiger partial charge on any atom is 0.229 e. The molecule has 0 aliphatic carbocycles. The van der Waals surface area contributed by atoms with E-state index in [1.807, 2.05) is 24.3 Å². The van der Waals surface area contributed by atoms with Crippen molar-refractivity contribution in [2.45, 2.75) is 12.8 Å². The van der Waals surface area contributed by atoms with Gasteiger partial charge in [0.1, 0.15) is 12.4 Å². The van der Waals surface area contributed by atoms with Gasteiger partial charge in [0, 0.05) is 20.0 Å². The fourth-order valence-electron chi connectivity index (χ4n) is 2.19. The molecule has 0 saturated carbocycles. The topological polar surface area (TPSA) is 72.6 Å². The molecule has 5 nitrogen and oxygen atoms in total. The monoisotopic (exact) mass is 262 g/mol. The molecular formula is C14H18N2O3. The third-order valence-corrected chi connectivity index (χ3v) is 3.30. The summed E-state index contributed by atoms with van der Waals surface area (Å²) in [5, 5.41) is 0. The lowest BCUT2D eigenvalue weighted by Crippen LogP contribution is -2.39. The van der Waals surface area contributed by atoms with E-state index in [1.54, 1.807) is 11.9 Å². The normalized spacial score (nSPS) is 17.2. The SMILES string of the molecule is CN(CCC(N)=O)C(=O)C1COc2ccccc2C1. The summed E-state index contributed by atoms with van der Waals surface area (Å²) >= 11 is 0. The summed E-state index contributed by atoms with van der Waals surface area (Å²) < 4.78 is 5.59. The number of carbonyl (C=O) groups excluding carboxylic acids is 2. The van der Waals surface area contributed by atoms with Gasteiger partial charge in [-0.1, -0.05) is 18.2 Å². The molecule has 0 bridgehead atoms. The Labute approximate surface area is 112 Å². The molecule has 1 aromatic rings. The van der Waals surface area contributed by atoms with Gasteiger partial charge >= 0.3 is 0 Å². The maximum atomic E-state index is 12.2. The lowest BCUT2D eigenvalue weighted by molar-refractivity contribution is -0.135. The molecular weight excluding hydrogens is 244 g/mol. The molecule has 102 valence electrons. The van der Waals surface area contributed by atoms with E-state index in [9.17, 15) is 9.59 Å². The van der Waals surface area contributed by atoms with E-state index in [0.717, 1.165) is 11.3 Å². The Balaban J connectivity index is 1.96. The Kier molecular flexibility index (Phi) is 4.04. The first-order valence-corrected chi connectivity index (χ1v) is 6.32. The van der Waals surface area contributed by atoms with Crippen molar-refractivity contribution in [1.82, 2.24) is 4.90 Å². The predicted octanol–water partition coefficient (Wildman–Crippen LogP) is 0.571. The highest BCUT2D eigenvalue weighted by molar-refractivity contribution is 5.80. The van der Waals surface area contributed by atoms with Crippen LogP contribution in [0.1, 0.15) is 12.0 Å². The van der Waals surface area contributed by atoms with Gasteiger partial charge in [0.05, 0.1) is 5.92 Å². The third-order valence-electron chi connectivity index (χ3n) is 3.30. The molecule has 19 heavy (non-hydrogen) atoms. The Morgan fingerprint density at radius 1 is 1.42 bits per heavy atom. The van der Waals surface area contributed by atoms with E-state index < -0.39 is 5.91 Å². The van der Waals surface area contributed by atoms with Gasteiger partial charge in [0.15, 0.2) is 0 Å². The van der Waals surface area contributed by atoms with Gasteiger partial charge in [-0.3, -0.25) is 9.59 Å². The van der Waals surface area contributed by atoms with Crippen LogP contribution < -0.4 is 10.5 Å². The van der Waals surface area contributed by atoms with Crippen LogP contribution in [-0.4, -0.2) is 36.9 Å². The number of hydrogen-bond donors (Lipinski definition) is 1. The minimum atomic E-state index is -0.398. The number of rotatable bonds is 4. The fraction of sp³-hybridized carbons (Fsp3) is 0.429. The number of hydrogen-bond acceptors (Lipinski definition) is 3. The lowest BCUT2D eigenvalue weighted by Gasteiger charge is -2.28. The smallest absolute Gasteiger partial charge is 0.229 e. The summed E-state index contributed by atoms with van der Waals surface area (Å²) in [6.07, 6.45) is 0.863. The molecule has 1 aromatic carbocycles. The van der Waals surface area contributed by atoms with Gasteiger partial charge in [-0.15, -0.1) is 0 Å². The van der Waals surface area contributed by atoms with Crippen LogP contribution in [0.2, 0.25) is 0 Å². The van der Waals surface area contributed by atoms with Crippen LogP contribution in [0, 0.1) is 5.92 Å². The van der Waals surface area contributed by atoms with Gasteiger partial charge in [-0.05, 0) is 18.1 Å². The van der Waals surface area contributed by atoms with Crippen LogP contribution in [0.3, 0.4) is 0 Å². The van der Waals surface area contributed by atoms with Crippen molar-refractivity contribution >= 4 is 11.8 Å². The van der Waals surface area contributed by atoms with Crippen molar-refractivity contribution in [3.05, 3.63) is 29.8 Å². The molecule has 2 rings (SSSR count). The Bertz CT molecular complexity index is 487.